The van der Waals surface area contributed by atoms with E-state index >= 15 is 0 Å². The molecule has 100 valence electrons. The van der Waals surface area contributed by atoms with Gasteiger partial charge < -0.3 is 10.1 Å². The molecule has 2 unspecified atom stereocenters. The molecule has 1 aromatic rings. The van der Waals surface area contributed by atoms with Gasteiger partial charge in [-0.05, 0) is 56.8 Å². The van der Waals surface area contributed by atoms with E-state index in [0.29, 0.717) is 0 Å². The molecule has 2 heterocycles. The van der Waals surface area contributed by atoms with Crippen LogP contribution >= 0.6 is 0 Å². The van der Waals surface area contributed by atoms with Crippen LogP contribution in [0.1, 0.15) is 50.3 Å². The van der Waals surface area contributed by atoms with E-state index in [9.17, 15) is 0 Å². The molecule has 18 heavy (non-hydrogen) atoms. The minimum atomic E-state index is -0.0943. The van der Waals surface area contributed by atoms with Gasteiger partial charge in [0.2, 0.25) is 0 Å². The van der Waals surface area contributed by atoms with Crippen molar-refractivity contribution in [3.05, 3.63) is 29.6 Å². The predicted octanol–water partition coefficient (Wildman–Crippen LogP) is 3.00. The second-order valence-corrected chi connectivity index (χ2v) is 5.38. The van der Waals surface area contributed by atoms with Gasteiger partial charge in [0.05, 0.1) is 11.6 Å². The van der Waals surface area contributed by atoms with Gasteiger partial charge in [-0.25, -0.2) is 0 Å². The number of hydrogen-bond acceptors (Lipinski definition) is 3. The summed E-state index contributed by atoms with van der Waals surface area (Å²) in [7, 11) is 0. The van der Waals surface area contributed by atoms with Crippen LogP contribution in [0.2, 0.25) is 0 Å². The Hall–Kier alpha value is -0.930. The number of nitrogens with one attached hydrogen (secondary N) is 1. The molecule has 2 atom stereocenters. The highest BCUT2D eigenvalue weighted by Crippen LogP contribution is 2.38. The maximum atomic E-state index is 6.02. The summed E-state index contributed by atoms with van der Waals surface area (Å²) in [6.07, 6.45) is 7.23. The third-order valence-corrected chi connectivity index (χ3v) is 3.85. The Bertz CT molecular complexity index is 386. The van der Waals surface area contributed by atoms with Crippen LogP contribution in [-0.2, 0) is 4.74 Å². The minimum Gasteiger partial charge on any atom is -0.373 e. The fourth-order valence-corrected chi connectivity index (χ4v) is 2.75. The van der Waals surface area contributed by atoms with Crippen LogP contribution in [0.15, 0.2) is 18.5 Å². The summed E-state index contributed by atoms with van der Waals surface area (Å²) in [5, 5.41) is 3.64. The van der Waals surface area contributed by atoms with Gasteiger partial charge in [-0.15, -0.1) is 0 Å². The lowest BCUT2D eigenvalue weighted by Gasteiger charge is -2.35. The van der Waals surface area contributed by atoms with Crippen LogP contribution in [0.5, 0.6) is 0 Å². The molecular weight excluding hydrogens is 224 g/mol. The van der Waals surface area contributed by atoms with E-state index < -0.39 is 0 Å². The fourth-order valence-electron chi connectivity index (χ4n) is 2.75. The highest BCUT2D eigenvalue weighted by Gasteiger charge is 2.39. The topological polar surface area (TPSA) is 34.2 Å². The number of nitrogens with zero attached hydrogens (tertiary/aromatic N) is 1. The van der Waals surface area contributed by atoms with Crippen LogP contribution < -0.4 is 5.32 Å². The van der Waals surface area contributed by atoms with Crippen LogP contribution in [0.4, 0.5) is 0 Å². The third-order valence-electron chi connectivity index (χ3n) is 3.85. The number of pyridine rings is 1. The van der Waals surface area contributed by atoms with Crippen molar-refractivity contribution >= 4 is 0 Å². The quantitative estimate of drug-likeness (QED) is 0.869. The zero-order valence-electron chi connectivity index (χ0n) is 11.7. The van der Waals surface area contributed by atoms with Gasteiger partial charge in [-0.1, -0.05) is 6.92 Å². The lowest BCUT2D eigenvalue weighted by atomic mass is 9.86. The fraction of sp³-hybridized carbons (Fsp3) is 0.667. The predicted molar refractivity (Wildman–Crippen MR) is 73.6 cm³/mol. The maximum Gasteiger partial charge on any atom is 0.0849 e. The van der Waals surface area contributed by atoms with Crippen molar-refractivity contribution in [1.29, 1.82) is 0 Å². The van der Waals surface area contributed by atoms with Gasteiger partial charge in [0, 0.05) is 19.0 Å². The summed E-state index contributed by atoms with van der Waals surface area (Å²) in [5.41, 5.74) is 2.47. The summed E-state index contributed by atoms with van der Waals surface area (Å²) in [6.45, 7) is 8.45. The number of ether oxygens (including phenoxy) is 1. The highest BCUT2D eigenvalue weighted by molar-refractivity contribution is 5.28. The average Bonchev–Trinajstić information content (AvgIpc) is 2.80. The summed E-state index contributed by atoms with van der Waals surface area (Å²) in [5.74, 6) is 0. The SMILES string of the molecule is CCCNC(c1cnccc1C)C1(C)CCCO1. The van der Waals surface area contributed by atoms with Crippen molar-refractivity contribution in [2.24, 2.45) is 0 Å². The third kappa shape index (κ3) is 2.73. The van der Waals surface area contributed by atoms with Crippen molar-refractivity contribution in [1.82, 2.24) is 10.3 Å². The van der Waals surface area contributed by atoms with Crippen molar-refractivity contribution in [2.75, 3.05) is 13.2 Å². The Morgan fingerprint density at radius 3 is 3.00 bits per heavy atom. The van der Waals surface area contributed by atoms with Crippen molar-refractivity contribution in [3.63, 3.8) is 0 Å². The van der Waals surface area contributed by atoms with Gasteiger partial charge in [0.15, 0.2) is 0 Å². The number of rotatable bonds is 5. The Morgan fingerprint density at radius 1 is 1.56 bits per heavy atom. The van der Waals surface area contributed by atoms with Gasteiger partial charge in [-0.2, -0.15) is 0 Å². The smallest absolute Gasteiger partial charge is 0.0849 e. The van der Waals surface area contributed by atoms with Crippen molar-refractivity contribution in [2.45, 2.75) is 51.7 Å². The van der Waals surface area contributed by atoms with E-state index in [0.717, 1.165) is 32.4 Å². The van der Waals surface area contributed by atoms with E-state index in [1.807, 2.05) is 12.4 Å². The molecule has 0 amide bonds. The molecule has 0 bridgehead atoms. The molecule has 1 N–H and O–H groups in total. The first-order valence-corrected chi connectivity index (χ1v) is 6.95. The lowest BCUT2D eigenvalue weighted by Crippen LogP contribution is -2.42. The molecule has 3 nitrogen and oxygen atoms in total. The second kappa shape index (κ2) is 5.81. The maximum absolute atomic E-state index is 6.02. The largest absolute Gasteiger partial charge is 0.373 e. The molecule has 0 aromatic carbocycles. The summed E-state index contributed by atoms with van der Waals surface area (Å²) < 4.78 is 6.02. The summed E-state index contributed by atoms with van der Waals surface area (Å²) in [6, 6.07) is 2.32. The molecule has 1 fully saturated rings. The molecule has 0 aliphatic carbocycles. The second-order valence-electron chi connectivity index (χ2n) is 5.38. The van der Waals surface area contributed by atoms with E-state index in [2.05, 4.69) is 37.1 Å². The van der Waals surface area contributed by atoms with Crippen LogP contribution in [0.3, 0.4) is 0 Å². The first-order valence-electron chi connectivity index (χ1n) is 6.95. The summed E-state index contributed by atoms with van der Waals surface area (Å²) in [4.78, 5) is 4.28. The zero-order chi connectivity index (χ0) is 13.0. The number of aromatic nitrogens is 1. The number of aryl methyl sites for hydroxylation is 1. The van der Waals surface area contributed by atoms with Gasteiger partial charge in [-0.3, -0.25) is 4.98 Å². The lowest BCUT2D eigenvalue weighted by molar-refractivity contribution is -0.0127. The van der Waals surface area contributed by atoms with Gasteiger partial charge in [0.1, 0.15) is 0 Å². The van der Waals surface area contributed by atoms with Gasteiger partial charge >= 0.3 is 0 Å². The Morgan fingerprint density at radius 2 is 2.39 bits per heavy atom. The van der Waals surface area contributed by atoms with Crippen molar-refractivity contribution < 1.29 is 4.74 Å². The van der Waals surface area contributed by atoms with Gasteiger partial charge in [0.25, 0.3) is 0 Å². The summed E-state index contributed by atoms with van der Waals surface area (Å²) >= 11 is 0. The van der Waals surface area contributed by atoms with E-state index in [4.69, 9.17) is 4.74 Å². The standard InChI is InChI=1S/C15H24N2O/c1-4-8-17-14(15(3)7-5-10-18-15)13-11-16-9-6-12(13)2/h6,9,11,14,17H,4-5,7-8,10H2,1-3H3. The molecule has 0 radical (unpaired) electrons. The first-order chi connectivity index (χ1) is 8.67. The molecular formula is C15H24N2O. The Kier molecular flexibility index (Phi) is 4.36. The number of hydrogen-bond donors (Lipinski definition) is 1. The molecule has 0 spiro atoms. The van der Waals surface area contributed by atoms with Crippen LogP contribution in [0, 0.1) is 6.92 Å². The average molecular weight is 248 g/mol. The molecule has 0 saturated carbocycles. The Balaban J connectivity index is 2.27. The van der Waals surface area contributed by atoms with Crippen LogP contribution in [0.25, 0.3) is 0 Å². The highest BCUT2D eigenvalue weighted by atomic mass is 16.5. The molecule has 2 rings (SSSR count). The van der Waals surface area contributed by atoms with Crippen LogP contribution in [-0.4, -0.2) is 23.7 Å². The molecule has 1 saturated heterocycles. The van der Waals surface area contributed by atoms with Crippen molar-refractivity contribution in [3.8, 4) is 0 Å². The Labute approximate surface area is 110 Å². The molecule has 3 heteroatoms. The zero-order valence-corrected chi connectivity index (χ0v) is 11.7. The van der Waals surface area contributed by atoms with E-state index in [-0.39, 0.29) is 11.6 Å². The first kappa shape index (κ1) is 13.5. The van der Waals surface area contributed by atoms with E-state index in [1.54, 1.807) is 0 Å². The molecule has 1 aliphatic heterocycles. The normalized spacial score (nSPS) is 25.3. The monoisotopic (exact) mass is 248 g/mol. The van der Waals surface area contributed by atoms with E-state index in [1.165, 1.54) is 11.1 Å². The minimum absolute atomic E-state index is 0.0943. The molecule has 1 aromatic heterocycles. The molecule has 1 aliphatic rings.